The van der Waals surface area contributed by atoms with Crippen molar-refractivity contribution in [1.29, 1.82) is 0 Å². The van der Waals surface area contributed by atoms with Gasteiger partial charge in [0.1, 0.15) is 0 Å². The summed E-state index contributed by atoms with van der Waals surface area (Å²) in [5, 5.41) is 3.74. The second kappa shape index (κ2) is 5.92. The Labute approximate surface area is 114 Å². The normalized spacial score (nSPS) is 31.3. The van der Waals surface area contributed by atoms with Crippen molar-refractivity contribution in [2.45, 2.75) is 83.8 Å². The molecule has 3 unspecified atom stereocenters. The number of nitrogens with one attached hydrogen (secondary N) is 1. The van der Waals surface area contributed by atoms with Crippen molar-refractivity contribution in [1.82, 2.24) is 10.2 Å². The highest BCUT2D eigenvalue weighted by molar-refractivity contribution is 4.93. The zero-order valence-corrected chi connectivity index (χ0v) is 12.8. The highest BCUT2D eigenvalue weighted by Crippen LogP contribution is 2.37. The Balaban J connectivity index is 1.84. The maximum atomic E-state index is 3.74. The summed E-state index contributed by atoms with van der Waals surface area (Å²) in [5.74, 6) is 1.01. The molecule has 0 aromatic heterocycles. The van der Waals surface area contributed by atoms with E-state index in [1.165, 1.54) is 45.1 Å². The molecular formula is C16H32N2. The van der Waals surface area contributed by atoms with Crippen LogP contribution in [0.4, 0.5) is 0 Å². The fraction of sp³-hybridized carbons (Fsp3) is 1.00. The van der Waals surface area contributed by atoms with Crippen molar-refractivity contribution < 1.29 is 0 Å². The van der Waals surface area contributed by atoms with Crippen LogP contribution in [-0.2, 0) is 0 Å². The van der Waals surface area contributed by atoms with Crippen molar-refractivity contribution in [2.24, 2.45) is 5.92 Å². The van der Waals surface area contributed by atoms with E-state index in [-0.39, 0.29) is 0 Å². The van der Waals surface area contributed by atoms with Crippen LogP contribution in [0.15, 0.2) is 0 Å². The predicted molar refractivity (Wildman–Crippen MR) is 78.9 cm³/mol. The molecule has 0 amide bonds. The third-order valence-electron chi connectivity index (χ3n) is 5.38. The van der Waals surface area contributed by atoms with Gasteiger partial charge in [-0.3, -0.25) is 4.90 Å². The lowest BCUT2D eigenvalue weighted by Gasteiger charge is -2.37. The molecule has 2 nitrogen and oxygen atoms in total. The summed E-state index contributed by atoms with van der Waals surface area (Å²) in [6, 6.07) is 1.60. The molecule has 1 N–H and O–H groups in total. The molecule has 0 radical (unpaired) electrons. The summed E-state index contributed by atoms with van der Waals surface area (Å²) in [7, 11) is 0. The third-order valence-corrected chi connectivity index (χ3v) is 5.38. The molecule has 0 bridgehead atoms. The molecule has 2 heteroatoms. The molecule has 1 saturated heterocycles. The van der Waals surface area contributed by atoms with E-state index in [9.17, 15) is 0 Å². The van der Waals surface area contributed by atoms with E-state index in [0.717, 1.165) is 18.5 Å². The van der Waals surface area contributed by atoms with E-state index in [1.54, 1.807) is 0 Å². The van der Waals surface area contributed by atoms with E-state index < -0.39 is 0 Å². The average molecular weight is 252 g/mol. The first-order valence-corrected chi connectivity index (χ1v) is 8.04. The minimum absolute atomic E-state index is 0.292. The predicted octanol–water partition coefficient (Wildman–Crippen LogP) is 3.42. The fourth-order valence-electron chi connectivity index (χ4n) is 3.66. The number of fused-ring (bicyclic) bond motifs is 1. The largest absolute Gasteiger partial charge is 0.310 e. The first-order chi connectivity index (χ1) is 8.53. The molecule has 1 saturated carbocycles. The Hall–Kier alpha value is -0.0800. The Morgan fingerprint density at radius 1 is 1.22 bits per heavy atom. The van der Waals surface area contributed by atoms with Gasteiger partial charge in [0.05, 0.1) is 0 Å². The first kappa shape index (κ1) is 14.3. The maximum absolute atomic E-state index is 3.74. The molecule has 1 aliphatic heterocycles. The molecule has 2 rings (SSSR count). The average Bonchev–Trinajstić information content (AvgIpc) is 2.80. The summed E-state index contributed by atoms with van der Waals surface area (Å²) in [6.07, 6.45) is 8.52. The van der Waals surface area contributed by atoms with Crippen molar-refractivity contribution in [3.05, 3.63) is 0 Å². The number of nitrogens with zero attached hydrogens (tertiary/aromatic N) is 1. The van der Waals surface area contributed by atoms with Gasteiger partial charge in [0.15, 0.2) is 0 Å². The fourth-order valence-corrected chi connectivity index (χ4v) is 3.66. The van der Waals surface area contributed by atoms with Crippen molar-refractivity contribution in [3.8, 4) is 0 Å². The third kappa shape index (κ3) is 3.27. The smallest absolute Gasteiger partial charge is 0.0195 e. The second-order valence-electron chi connectivity index (χ2n) is 7.11. The van der Waals surface area contributed by atoms with Gasteiger partial charge in [-0.15, -0.1) is 0 Å². The zero-order chi connectivity index (χ0) is 13.2. The van der Waals surface area contributed by atoms with Gasteiger partial charge in [0.2, 0.25) is 0 Å². The maximum Gasteiger partial charge on any atom is 0.0195 e. The minimum atomic E-state index is 0.292. The summed E-state index contributed by atoms with van der Waals surface area (Å²) >= 11 is 0. The quantitative estimate of drug-likeness (QED) is 0.806. The van der Waals surface area contributed by atoms with Crippen LogP contribution < -0.4 is 5.32 Å². The van der Waals surface area contributed by atoms with Gasteiger partial charge in [-0.25, -0.2) is 0 Å². The number of likely N-dealkylation sites (tertiary alicyclic amines) is 1. The molecule has 18 heavy (non-hydrogen) atoms. The van der Waals surface area contributed by atoms with Crippen LogP contribution in [0.1, 0.15) is 66.2 Å². The van der Waals surface area contributed by atoms with Crippen LogP contribution in [0.5, 0.6) is 0 Å². The summed E-state index contributed by atoms with van der Waals surface area (Å²) in [4.78, 5) is 2.79. The molecule has 3 atom stereocenters. The standard InChI is InChI=1S/C16H32N2/c1-5-16(3,4)17-12-13(2)18-11-10-14-8-6-7-9-15(14)18/h13-15,17H,5-12H2,1-4H3. The highest BCUT2D eigenvalue weighted by atomic mass is 15.2. The number of hydrogen-bond acceptors (Lipinski definition) is 2. The molecule has 0 spiro atoms. The van der Waals surface area contributed by atoms with Crippen molar-refractivity contribution in [3.63, 3.8) is 0 Å². The summed E-state index contributed by atoms with van der Waals surface area (Å²) < 4.78 is 0. The van der Waals surface area contributed by atoms with Gasteiger partial charge in [-0.05, 0) is 58.9 Å². The summed E-state index contributed by atoms with van der Waals surface area (Å²) in [5.41, 5.74) is 0.292. The lowest BCUT2D eigenvalue weighted by atomic mass is 9.85. The monoisotopic (exact) mass is 252 g/mol. The van der Waals surface area contributed by atoms with Crippen LogP contribution >= 0.6 is 0 Å². The van der Waals surface area contributed by atoms with Crippen LogP contribution in [0, 0.1) is 5.92 Å². The Bertz CT molecular complexity index is 262. The molecule has 1 aliphatic carbocycles. The molecule has 0 aromatic rings. The molecule has 2 aliphatic rings. The first-order valence-electron chi connectivity index (χ1n) is 8.04. The topological polar surface area (TPSA) is 15.3 Å². The zero-order valence-electron chi connectivity index (χ0n) is 12.8. The second-order valence-corrected chi connectivity index (χ2v) is 7.11. The number of rotatable bonds is 5. The molecule has 106 valence electrons. The molecule has 0 aromatic carbocycles. The van der Waals surface area contributed by atoms with Crippen LogP contribution in [-0.4, -0.2) is 35.6 Å². The highest BCUT2D eigenvalue weighted by Gasteiger charge is 2.37. The van der Waals surface area contributed by atoms with Gasteiger partial charge in [0, 0.05) is 24.2 Å². The minimum Gasteiger partial charge on any atom is -0.310 e. The van der Waals surface area contributed by atoms with Crippen LogP contribution in [0.25, 0.3) is 0 Å². The van der Waals surface area contributed by atoms with Gasteiger partial charge in [-0.1, -0.05) is 19.8 Å². The van der Waals surface area contributed by atoms with Crippen LogP contribution in [0.3, 0.4) is 0 Å². The molecular weight excluding hydrogens is 220 g/mol. The van der Waals surface area contributed by atoms with E-state index in [4.69, 9.17) is 0 Å². The van der Waals surface area contributed by atoms with Gasteiger partial charge >= 0.3 is 0 Å². The lowest BCUT2D eigenvalue weighted by Crippen LogP contribution is -2.49. The Kier molecular flexibility index (Phi) is 4.71. The van der Waals surface area contributed by atoms with Crippen molar-refractivity contribution in [2.75, 3.05) is 13.1 Å². The van der Waals surface area contributed by atoms with Gasteiger partial charge in [0.25, 0.3) is 0 Å². The van der Waals surface area contributed by atoms with E-state index in [0.29, 0.717) is 11.6 Å². The Morgan fingerprint density at radius 2 is 1.94 bits per heavy atom. The SMILES string of the molecule is CCC(C)(C)NCC(C)N1CCC2CCCCC21. The van der Waals surface area contributed by atoms with Crippen LogP contribution in [0.2, 0.25) is 0 Å². The Morgan fingerprint density at radius 3 is 2.67 bits per heavy atom. The van der Waals surface area contributed by atoms with Gasteiger partial charge < -0.3 is 5.32 Å². The van der Waals surface area contributed by atoms with E-state index in [1.807, 2.05) is 0 Å². The number of hydrogen-bond donors (Lipinski definition) is 1. The van der Waals surface area contributed by atoms with E-state index in [2.05, 4.69) is 37.9 Å². The van der Waals surface area contributed by atoms with E-state index >= 15 is 0 Å². The summed E-state index contributed by atoms with van der Waals surface area (Å²) in [6.45, 7) is 11.8. The molecule has 2 fully saturated rings. The van der Waals surface area contributed by atoms with Crippen molar-refractivity contribution >= 4 is 0 Å². The molecule has 1 heterocycles. The van der Waals surface area contributed by atoms with Gasteiger partial charge in [-0.2, -0.15) is 0 Å². The lowest BCUT2D eigenvalue weighted by molar-refractivity contribution is 0.133.